The van der Waals surface area contributed by atoms with E-state index in [0.717, 1.165) is 38.1 Å². The fourth-order valence-corrected chi connectivity index (χ4v) is 3.95. The summed E-state index contributed by atoms with van der Waals surface area (Å²) in [5.74, 6) is 2.06. The Hall–Kier alpha value is -2.49. The van der Waals surface area contributed by atoms with Crippen LogP contribution in [0.1, 0.15) is 40.7 Å². The van der Waals surface area contributed by atoms with Crippen LogP contribution in [0.2, 0.25) is 0 Å². The molecule has 2 aliphatic heterocycles. The van der Waals surface area contributed by atoms with E-state index in [1.54, 1.807) is 0 Å². The molecule has 1 atom stereocenters. The molecule has 0 aliphatic carbocycles. The van der Waals surface area contributed by atoms with Crippen LogP contribution in [0, 0.1) is 12.8 Å². The van der Waals surface area contributed by atoms with Crippen LogP contribution in [0.3, 0.4) is 0 Å². The van der Waals surface area contributed by atoms with Gasteiger partial charge in [-0.1, -0.05) is 24.3 Å². The molecule has 0 bridgehead atoms. The average Bonchev–Trinajstić information content (AvgIpc) is 3.15. The molecule has 0 aromatic heterocycles. The third-order valence-electron chi connectivity index (χ3n) is 5.51. The minimum Gasteiger partial charge on any atom is -0.454 e. The lowest BCUT2D eigenvalue weighted by atomic mass is 9.90. The third kappa shape index (κ3) is 3.55. The lowest BCUT2D eigenvalue weighted by Crippen LogP contribution is -2.40. The Bertz CT molecular complexity index is 802. The lowest BCUT2D eigenvalue weighted by molar-refractivity contribution is 0.0668. The highest BCUT2D eigenvalue weighted by molar-refractivity contribution is 5.95. The van der Waals surface area contributed by atoms with Crippen molar-refractivity contribution in [2.45, 2.75) is 32.6 Å². The second-order valence-electron chi connectivity index (χ2n) is 7.29. The molecule has 0 unspecified atom stereocenters. The largest absolute Gasteiger partial charge is 0.454 e. The first-order valence-electron chi connectivity index (χ1n) is 9.44. The van der Waals surface area contributed by atoms with Crippen LogP contribution in [0.5, 0.6) is 11.5 Å². The maximum absolute atomic E-state index is 12.9. The molecule has 1 amide bonds. The highest BCUT2D eigenvalue weighted by Gasteiger charge is 2.25. The topological polar surface area (TPSA) is 38.8 Å². The summed E-state index contributed by atoms with van der Waals surface area (Å²) < 4.78 is 10.7. The molecule has 4 rings (SSSR count). The number of aryl methyl sites for hydroxylation is 2. The van der Waals surface area contributed by atoms with Gasteiger partial charge in [0.05, 0.1) is 0 Å². The van der Waals surface area contributed by atoms with Crippen LogP contribution in [-0.4, -0.2) is 30.7 Å². The van der Waals surface area contributed by atoms with Crippen molar-refractivity contribution in [2.75, 3.05) is 19.9 Å². The normalized spacial score (nSPS) is 18.8. The number of carbonyl (C=O) groups is 1. The monoisotopic (exact) mass is 351 g/mol. The first kappa shape index (κ1) is 17.0. The van der Waals surface area contributed by atoms with E-state index < -0.39 is 0 Å². The number of hydrogen-bond donors (Lipinski definition) is 0. The zero-order chi connectivity index (χ0) is 17.9. The van der Waals surface area contributed by atoms with Gasteiger partial charge in [-0.2, -0.15) is 0 Å². The van der Waals surface area contributed by atoms with E-state index >= 15 is 0 Å². The van der Waals surface area contributed by atoms with Crippen LogP contribution < -0.4 is 9.47 Å². The number of hydrogen-bond acceptors (Lipinski definition) is 3. The van der Waals surface area contributed by atoms with E-state index in [1.807, 2.05) is 23.1 Å². The highest BCUT2D eigenvalue weighted by Crippen LogP contribution is 2.33. The third-order valence-corrected chi connectivity index (χ3v) is 5.51. The molecule has 4 nitrogen and oxygen atoms in total. The Balaban J connectivity index is 1.38. The average molecular weight is 351 g/mol. The Labute approximate surface area is 154 Å². The quantitative estimate of drug-likeness (QED) is 0.828. The van der Waals surface area contributed by atoms with Crippen molar-refractivity contribution in [3.05, 3.63) is 59.2 Å². The van der Waals surface area contributed by atoms with Gasteiger partial charge in [0.1, 0.15) is 0 Å². The molecule has 1 fully saturated rings. The molecule has 2 aromatic carbocycles. The van der Waals surface area contributed by atoms with Crippen LogP contribution in [0.25, 0.3) is 0 Å². The van der Waals surface area contributed by atoms with Gasteiger partial charge in [-0.15, -0.1) is 0 Å². The second kappa shape index (κ2) is 7.40. The van der Waals surface area contributed by atoms with Gasteiger partial charge >= 0.3 is 0 Å². The lowest BCUT2D eigenvalue weighted by Gasteiger charge is -2.33. The number of carbonyl (C=O) groups excluding carboxylic acids is 1. The van der Waals surface area contributed by atoms with Crippen molar-refractivity contribution < 1.29 is 14.3 Å². The number of piperidine rings is 1. The predicted molar refractivity (Wildman–Crippen MR) is 101 cm³/mol. The summed E-state index contributed by atoms with van der Waals surface area (Å²) in [5, 5.41) is 0. The van der Waals surface area contributed by atoms with Gasteiger partial charge in [0, 0.05) is 18.7 Å². The zero-order valence-electron chi connectivity index (χ0n) is 15.2. The summed E-state index contributed by atoms with van der Waals surface area (Å²) in [5.41, 5.74) is 3.47. The van der Waals surface area contributed by atoms with Gasteiger partial charge in [0.25, 0.3) is 5.91 Å². The van der Waals surface area contributed by atoms with Crippen LogP contribution in [-0.2, 0) is 6.42 Å². The first-order valence-corrected chi connectivity index (χ1v) is 9.44. The molecular weight excluding hydrogens is 326 g/mol. The van der Waals surface area contributed by atoms with Crippen molar-refractivity contribution in [3.8, 4) is 11.5 Å². The minimum absolute atomic E-state index is 0.101. The molecular formula is C22H25NO3. The Morgan fingerprint density at radius 2 is 2.00 bits per heavy atom. The maximum Gasteiger partial charge on any atom is 0.254 e. The molecule has 0 radical (unpaired) electrons. The molecule has 26 heavy (non-hydrogen) atoms. The molecule has 1 saturated heterocycles. The molecule has 4 heteroatoms. The number of amides is 1. The predicted octanol–water partition coefficient (Wildman–Crippen LogP) is 4.21. The zero-order valence-corrected chi connectivity index (χ0v) is 15.2. The van der Waals surface area contributed by atoms with Gasteiger partial charge in [-0.05, 0) is 67.9 Å². The van der Waals surface area contributed by atoms with Crippen molar-refractivity contribution in [3.63, 3.8) is 0 Å². The minimum atomic E-state index is 0.101. The summed E-state index contributed by atoms with van der Waals surface area (Å²) in [6.45, 7) is 4.09. The summed E-state index contributed by atoms with van der Waals surface area (Å²) in [6, 6.07) is 14.1. The van der Waals surface area contributed by atoms with Crippen LogP contribution in [0.15, 0.2) is 42.5 Å². The number of nitrogens with zero attached hydrogens (tertiary/aromatic N) is 1. The molecule has 136 valence electrons. The molecule has 0 N–H and O–H groups in total. The van der Waals surface area contributed by atoms with E-state index in [9.17, 15) is 4.79 Å². The van der Waals surface area contributed by atoms with Crippen molar-refractivity contribution >= 4 is 5.91 Å². The number of rotatable bonds is 4. The van der Waals surface area contributed by atoms with Crippen LogP contribution in [0.4, 0.5) is 0 Å². The first-order chi connectivity index (χ1) is 12.7. The van der Waals surface area contributed by atoms with Crippen LogP contribution >= 0.6 is 0 Å². The SMILES string of the molecule is Cc1ccccc1CC[C@@H]1CCCN(C(=O)c2ccc3c(c2)OCO3)C1. The number of ether oxygens (including phenoxy) is 2. The van der Waals surface area contributed by atoms with E-state index in [2.05, 4.69) is 31.2 Å². The standard InChI is InChI=1S/C22H25NO3/c1-16-5-2-3-7-18(16)9-8-17-6-4-12-23(14-17)22(24)19-10-11-20-21(13-19)26-15-25-20/h2-3,5,7,10-11,13,17H,4,6,8-9,12,14-15H2,1H3/t17-/m0/s1. The van der Waals surface area contributed by atoms with E-state index in [1.165, 1.54) is 17.5 Å². The highest BCUT2D eigenvalue weighted by atomic mass is 16.7. The fourth-order valence-electron chi connectivity index (χ4n) is 3.95. The Morgan fingerprint density at radius 1 is 1.15 bits per heavy atom. The molecule has 2 heterocycles. The molecule has 0 saturated carbocycles. The molecule has 0 spiro atoms. The summed E-state index contributed by atoms with van der Waals surface area (Å²) in [7, 11) is 0. The second-order valence-corrected chi connectivity index (χ2v) is 7.29. The number of likely N-dealkylation sites (tertiary alicyclic amines) is 1. The Morgan fingerprint density at radius 3 is 2.88 bits per heavy atom. The van der Waals surface area contributed by atoms with E-state index in [0.29, 0.717) is 17.2 Å². The Kier molecular flexibility index (Phi) is 4.83. The number of fused-ring (bicyclic) bond motifs is 1. The van der Waals surface area contributed by atoms with Gasteiger partial charge in [-0.3, -0.25) is 4.79 Å². The number of benzene rings is 2. The molecule has 2 aliphatic rings. The summed E-state index contributed by atoms with van der Waals surface area (Å²) >= 11 is 0. The summed E-state index contributed by atoms with van der Waals surface area (Å²) in [4.78, 5) is 14.9. The van der Waals surface area contributed by atoms with Gasteiger partial charge in [0.2, 0.25) is 6.79 Å². The fraction of sp³-hybridized carbons (Fsp3) is 0.409. The van der Waals surface area contributed by atoms with Gasteiger partial charge in [-0.25, -0.2) is 0 Å². The maximum atomic E-state index is 12.9. The van der Waals surface area contributed by atoms with Crippen molar-refractivity contribution in [2.24, 2.45) is 5.92 Å². The van der Waals surface area contributed by atoms with E-state index in [-0.39, 0.29) is 12.7 Å². The smallest absolute Gasteiger partial charge is 0.254 e. The summed E-state index contributed by atoms with van der Waals surface area (Å²) in [6.07, 6.45) is 4.50. The van der Waals surface area contributed by atoms with E-state index in [4.69, 9.17) is 9.47 Å². The van der Waals surface area contributed by atoms with Gasteiger partial charge in [0.15, 0.2) is 11.5 Å². The molecule has 2 aromatic rings. The van der Waals surface area contributed by atoms with Crippen molar-refractivity contribution in [1.82, 2.24) is 4.90 Å². The van der Waals surface area contributed by atoms with Gasteiger partial charge < -0.3 is 14.4 Å². The van der Waals surface area contributed by atoms with Crippen molar-refractivity contribution in [1.29, 1.82) is 0 Å².